The predicted molar refractivity (Wildman–Crippen MR) is 163 cm³/mol. The van der Waals surface area contributed by atoms with Gasteiger partial charge >= 0.3 is 0 Å². The van der Waals surface area contributed by atoms with Gasteiger partial charge in [-0.05, 0) is 55.3 Å². The summed E-state index contributed by atoms with van der Waals surface area (Å²) in [5.74, 6) is -1.05. The largest absolute Gasteiger partial charge is 0.352 e. The topological polar surface area (TPSA) is 86.8 Å². The van der Waals surface area contributed by atoms with Crippen LogP contribution in [0.25, 0.3) is 0 Å². The molecular weight excluding hydrogens is 616 g/mol. The van der Waals surface area contributed by atoms with Gasteiger partial charge in [-0.3, -0.25) is 13.9 Å². The molecule has 0 aromatic heterocycles. The molecule has 1 N–H and O–H groups in total. The van der Waals surface area contributed by atoms with Crippen LogP contribution in [-0.2, 0) is 32.6 Å². The Morgan fingerprint density at radius 1 is 0.875 bits per heavy atom. The van der Waals surface area contributed by atoms with Gasteiger partial charge < -0.3 is 10.2 Å². The van der Waals surface area contributed by atoms with Crippen LogP contribution in [0.5, 0.6) is 0 Å². The van der Waals surface area contributed by atoms with Gasteiger partial charge in [-0.2, -0.15) is 0 Å². The summed E-state index contributed by atoms with van der Waals surface area (Å²) in [6.45, 7) is 2.90. The molecular formula is C28H29Cl4N3O4S. The molecule has 0 bridgehead atoms. The molecule has 1 atom stereocenters. The third-order valence-electron chi connectivity index (χ3n) is 5.91. The SMILES string of the molecule is CC(C)NC(=O)C(Cc1ccccc1)N(Cc1ccc(Cl)cc1Cl)C(=O)CN(c1cc(Cl)ccc1Cl)S(C)(=O)=O. The van der Waals surface area contributed by atoms with Crippen molar-refractivity contribution in [3.63, 3.8) is 0 Å². The summed E-state index contributed by atoms with van der Waals surface area (Å²) >= 11 is 25.0. The Bertz CT molecular complexity index is 1470. The van der Waals surface area contributed by atoms with Gasteiger partial charge in [0.25, 0.3) is 0 Å². The number of hydrogen-bond acceptors (Lipinski definition) is 4. The predicted octanol–water partition coefficient (Wildman–Crippen LogP) is 6.23. The van der Waals surface area contributed by atoms with Gasteiger partial charge in [0.1, 0.15) is 12.6 Å². The molecule has 0 aliphatic rings. The van der Waals surface area contributed by atoms with E-state index in [1.807, 2.05) is 44.2 Å². The molecule has 0 spiro atoms. The number of carbonyl (C=O) groups excluding carboxylic acids is 2. The fourth-order valence-corrected chi connectivity index (χ4v) is 5.80. The number of nitrogens with one attached hydrogen (secondary N) is 1. The average Bonchev–Trinajstić information content (AvgIpc) is 2.86. The van der Waals surface area contributed by atoms with Crippen LogP contribution in [0.15, 0.2) is 66.7 Å². The summed E-state index contributed by atoms with van der Waals surface area (Å²) in [5.41, 5.74) is 1.38. The van der Waals surface area contributed by atoms with E-state index < -0.39 is 34.4 Å². The number of hydrogen-bond donors (Lipinski definition) is 1. The van der Waals surface area contributed by atoms with Gasteiger partial charge in [-0.25, -0.2) is 8.42 Å². The van der Waals surface area contributed by atoms with E-state index in [-0.39, 0.29) is 34.7 Å². The number of sulfonamides is 1. The van der Waals surface area contributed by atoms with Gasteiger partial charge in [0.05, 0.1) is 17.0 Å². The summed E-state index contributed by atoms with van der Waals surface area (Å²) in [4.78, 5) is 29.0. The van der Waals surface area contributed by atoms with Crippen LogP contribution < -0.4 is 9.62 Å². The molecule has 0 heterocycles. The van der Waals surface area contributed by atoms with Crippen molar-refractivity contribution in [2.45, 2.75) is 38.9 Å². The van der Waals surface area contributed by atoms with Gasteiger partial charge in [-0.1, -0.05) is 82.8 Å². The van der Waals surface area contributed by atoms with Crippen LogP contribution in [-0.4, -0.2) is 50.0 Å². The van der Waals surface area contributed by atoms with E-state index in [9.17, 15) is 18.0 Å². The maximum Gasteiger partial charge on any atom is 0.244 e. The Morgan fingerprint density at radius 2 is 1.50 bits per heavy atom. The van der Waals surface area contributed by atoms with Crippen LogP contribution >= 0.6 is 46.4 Å². The van der Waals surface area contributed by atoms with Gasteiger partial charge in [0.15, 0.2) is 0 Å². The molecule has 0 aliphatic heterocycles. The number of anilines is 1. The van der Waals surface area contributed by atoms with Crippen LogP contribution in [0, 0.1) is 0 Å². The maximum atomic E-state index is 14.1. The molecule has 0 radical (unpaired) electrons. The van der Waals surface area contributed by atoms with Crippen LogP contribution in [0.1, 0.15) is 25.0 Å². The van der Waals surface area contributed by atoms with Crippen LogP contribution in [0.4, 0.5) is 5.69 Å². The lowest BCUT2D eigenvalue weighted by Gasteiger charge is -2.34. The molecule has 12 heteroatoms. The van der Waals surface area contributed by atoms with E-state index in [2.05, 4.69) is 5.32 Å². The highest BCUT2D eigenvalue weighted by Crippen LogP contribution is 2.31. The Labute approximate surface area is 255 Å². The molecule has 3 aromatic rings. The molecule has 3 rings (SSSR count). The maximum absolute atomic E-state index is 14.1. The molecule has 2 amide bonds. The first-order valence-electron chi connectivity index (χ1n) is 12.3. The fourth-order valence-electron chi connectivity index (χ4n) is 4.04. The number of nitrogens with zero attached hydrogens (tertiary/aromatic N) is 2. The molecule has 0 saturated carbocycles. The fraction of sp³-hybridized carbons (Fsp3) is 0.286. The van der Waals surface area contributed by atoms with E-state index in [1.165, 1.54) is 29.2 Å². The summed E-state index contributed by atoms with van der Waals surface area (Å²) in [6.07, 6.45) is 1.14. The third-order valence-corrected chi connectivity index (χ3v) is 8.18. The first-order valence-corrected chi connectivity index (χ1v) is 15.6. The van der Waals surface area contributed by atoms with Crippen molar-refractivity contribution in [1.29, 1.82) is 0 Å². The van der Waals surface area contributed by atoms with Crippen molar-refractivity contribution < 1.29 is 18.0 Å². The molecule has 3 aromatic carbocycles. The first-order chi connectivity index (χ1) is 18.8. The van der Waals surface area contributed by atoms with Crippen molar-refractivity contribution >= 4 is 73.9 Å². The van der Waals surface area contributed by atoms with E-state index in [4.69, 9.17) is 46.4 Å². The highest BCUT2D eigenvalue weighted by molar-refractivity contribution is 7.92. The summed E-state index contributed by atoms with van der Waals surface area (Å²) in [5, 5.41) is 3.92. The normalized spacial score (nSPS) is 12.2. The van der Waals surface area contributed by atoms with Crippen molar-refractivity contribution in [3.05, 3.63) is 97.9 Å². The highest BCUT2D eigenvalue weighted by atomic mass is 35.5. The van der Waals surface area contributed by atoms with E-state index >= 15 is 0 Å². The van der Waals surface area contributed by atoms with Crippen molar-refractivity contribution in [2.24, 2.45) is 0 Å². The standard InChI is InChI=1S/C28H29Cl4N3O4S/c1-18(2)33-28(37)26(13-19-7-5-4-6-8-19)34(16-20-9-10-21(29)14-24(20)32)27(36)17-35(40(3,38)39)25-15-22(30)11-12-23(25)31/h4-12,14-15,18,26H,13,16-17H2,1-3H3,(H,33,37). The summed E-state index contributed by atoms with van der Waals surface area (Å²) < 4.78 is 26.6. The van der Waals surface area contributed by atoms with Crippen molar-refractivity contribution in [3.8, 4) is 0 Å². The smallest absolute Gasteiger partial charge is 0.244 e. The van der Waals surface area contributed by atoms with E-state index in [0.29, 0.717) is 15.6 Å². The molecule has 0 aliphatic carbocycles. The Hall–Kier alpha value is -2.49. The van der Waals surface area contributed by atoms with Crippen LogP contribution in [0.2, 0.25) is 20.1 Å². The number of amides is 2. The lowest BCUT2D eigenvalue weighted by Crippen LogP contribution is -2.54. The minimum atomic E-state index is -4.00. The molecule has 214 valence electrons. The summed E-state index contributed by atoms with van der Waals surface area (Å²) in [7, 11) is -4.00. The summed E-state index contributed by atoms with van der Waals surface area (Å²) in [6, 6.07) is 17.2. The zero-order chi connectivity index (χ0) is 29.6. The zero-order valence-electron chi connectivity index (χ0n) is 22.1. The second kappa shape index (κ2) is 13.9. The first kappa shape index (κ1) is 32.0. The van der Waals surface area contributed by atoms with Gasteiger partial charge in [-0.15, -0.1) is 0 Å². The zero-order valence-corrected chi connectivity index (χ0v) is 25.9. The highest BCUT2D eigenvalue weighted by Gasteiger charge is 2.34. The minimum Gasteiger partial charge on any atom is -0.352 e. The Morgan fingerprint density at radius 3 is 2.10 bits per heavy atom. The third kappa shape index (κ3) is 8.75. The molecule has 40 heavy (non-hydrogen) atoms. The minimum absolute atomic E-state index is 0.0423. The Kier molecular flexibility index (Phi) is 11.1. The van der Waals surface area contributed by atoms with Crippen molar-refractivity contribution in [2.75, 3.05) is 17.1 Å². The second-order valence-corrected chi connectivity index (χ2v) is 13.1. The number of halogens is 4. The van der Waals surface area contributed by atoms with Crippen LogP contribution in [0.3, 0.4) is 0 Å². The van der Waals surface area contributed by atoms with Gasteiger partial charge in [0, 0.05) is 34.1 Å². The lowest BCUT2D eigenvalue weighted by atomic mass is 10.0. The molecule has 1 unspecified atom stereocenters. The number of carbonyl (C=O) groups is 2. The van der Waals surface area contributed by atoms with Crippen molar-refractivity contribution in [1.82, 2.24) is 10.2 Å². The van der Waals surface area contributed by atoms with E-state index in [0.717, 1.165) is 16.1 Å². The average molecular weight is 645 g/mol. The molecule has 0 saturated heterocycles. The Balaban J connectivity index is 2.11. The second-order valence-electron chi connectivity index (χ2n) is 9.49. The lowest BCUT2D eigenvalue weighted by molar-refractivity contribution is -0.140. The molecule has 7 nitrogen and oxygen atoms in total. The quantitative estimate of drug-likeness (QED) is 0.268. The number of benzene rings is 3. The molecule has 0 fully saturated rings. The number of rotatable bonds is 11. The monoisotopic (exact) mass is 643 g/mol. The van der Waals surface area contributed by atoms with Gasteiger partial charge in [0.2, 0.25) is 21.8 Å². The van der Waals surface area contributed by atoms with E-state index in [1.54, 1.807) is 12.1 Å².